The lowest BCUT2D eigenvalue weighted by Gasteiger charge is -2.09. The minimum absolute atomic E-state index is 0.633. The largest absolute Gasteiger partial charge is 0.495 e. The summed E-state index contributed by atoms with van der Waals surface area (Å²) in [5, 5.41) is 4.03. The minimum Gasteiger partial charge on any atom is -0.495 e. The van der Waals surface area contributed by atoms with Crippen molar-refractivity contribution >= 4 is 17.3 Å². The summed E-state index contributed by atoms with van der Waals surface area (Å²) in [6, 6.07) is 12.0. The van der Waals surface area contributed by atoms with Crippen molar-refractivity contribution in [2.24, 2.45) is 0 Å². The van der Waals surface area contributed by atoms with E-state index in [0.717, 1.165) is 36.6 Å². The molecule has 1 aliphatic rings. The van der Waals surface area contributed by atoms with Crippen LogP contribution >= 0.6 is 11.6 Å². The van der Waals surface area contributed by atoms with Gasteiger partial charge in [0.25, 0.3) is 0 Å². The first-order valence-corrected chi connectivity index (χ1v) is 6.96. The molecule has 0 saturated carbocycles. The molecule has 4 heteroatoms. The summed E-state index contributed by atoms with van der Waals surface area (Å²) in [5.41, 5.74) is 3.48. The van der Waals surface area contributed by atoms with Gasteiger partial charge in [-0.1, -0.05) is 17.7 Å². The number of hydrogen-bond donors (Lipinski definition) is 1. The number of fused-ring (bicyclic) bond motifs is 1. The molecule has 1 heterocycles. The first-order valence-electron chi connectivity index (χ1n) is 6.58. The van der Waals surface area contributed by atoms with E-state index in [1.807, 2.05) is 30.3 Å². The van der Waals surface area contributed by atoms with Gasteiger partial charge in [0, 0.05) is 18.7 Å². The molecule has 0 saturated heterocycles. The molecule has 104 valence electrons. The number of methoxy groups -OCH3 is 1. The molecule has 1 N–H and O–H groups in total. The number of hydrogen-bond acceptors (Lipinski definition) is 3. The second kappa shape index (κ2) is 5.63. The number of rotatable bonds is 4. The summed E-state index contributed by atoms with van der Waals surface area (Å²) < 4.78 is 10.6. The lowest BCUT2D eigenvalue weighted by Crippen LogP contribution is -2.00. The fourth-order valence-corrected chi connectivity index (χ4v) is 2.60. The Hall–Kier alpha value is -1.87. The second-order valence-corrected chi connectivity index (χ2v) is 5.15. The number of nitrogens with one attached hydrogen (secondary N) is 1. The first kappa shape index (κ1) is 13.1. The maximum atomic E-state index is 6.12. The Morgan fingerprint density at radius 1 is 1.25 bits per heavy atom. The third-order valence-electron chi connectivity index (χ3n) is 3.40. The van der Waals surface area contributed by atoms with Crippen molar-refractivity contribution in [1.29, 1.82) is 0 Å². The van der Waals surface area contributed by atoms with Crippen molar-refractivity contribution < 1.29 is 9.47 Å². The number of anilines is 1. The van der Waals surface area contributed by atoms with Crippen LogP contribution in [0.1, 0.15) is 11.1 Å². The van der Waals surface area contributed by atoms with Crippen LogP contribution in [0.2, 0.25) is 5.02 Å². The zero-order valence-corrected chi connectivity index (χ0v) is 12.0. The highest BCUT2D eigenvalue weighted by Gasteiger charge is 2.11. The lowest BCUT2D eigenvalue weighted by atomic mass is 10.1. The minimum atomic E-state index is 0.633. The summed E-state index contributed by atoms with van der Waals surface area (Å²) in [6.45, 7) is 1.51. The molecule has 0 radical (unpaired) electrons. The van der Waals surface area contributed by atoms with E-state index in [1.54, 1.807) is 7.11 Å². The van der Waals surface area contributed by atoms with Gasteiger partial charge in [0.2, 0.25) is 0 Å². The van der Waals surface area contributed by atoms with Crippen LogP contribution in [-0.2, 0) is 13.0 Å². The molecule has 3 rings (SSSR count). The predicted molar refractivity (Wildman–Crippen MR) is 81.0 cm³/mol. The molecule has 0 aliphatic carbocycles. The fourth-order valence-electron chi connectivity index (χ4n) is 2.32. The zero-order valence-electron chi connectivity index (χ0n) is 11.3. The van der Waals surface area contributed by atoms with Gasteiger partial charge in [-0.2, -0.15) is 0 Å². The Bertz CT molecular complexity index is 628. The molecule has 1 aliphatic heterocycles. The van der Waals surface area contributed by atoms with Crippen LogP contribution in [0, 0.1) is 0 Å². The standard InChI is InChI=1S/C16H16ClNO2/c1-19-16-4-2-11(8-14(16)17)10-18-13-3-5-15-12(9-13)6-7-20-15/h2-5,8-9,18H,6-7,10H2,1H3. The van der Waals surface area contributed by atoms with Gasteiger partial charge >= 0.3 is 0 Å². The SMILES string of the molecule is COc1ccc(CNc2ccc3c(c2)CCO3)cc1Cl. The van der Waals surface area contributed by atoms with Gasteiger partial charge in [0.1, 0.15) is 11.5 Å². The molecule has 0 spiro atoms. The Morgan fingerprint density at radius 3 is 2.95 bits per heavy atom. The van der Waals surface area contributed by atoms with Crippen LogP contribution in [0.3, 0.4) is 0 Å². The molecule has 2 aromatic rings. The van der Waals surface area contributed by atoms with Crippen LogP contribution in [0.15, 0.2) is 36.4 Å². The van der Waals surface area contributed by atoms with Crippen molar-refractivity contribution in [3.63, 3.8) is 0 Å². The van der Waals surface area contributed by atoms with Crippen LogP contribution in [0.5, 0.6) is 11.5 Å². The van der Waals surface area contributed by atoms with Crippen LogP contribution in [0.4, 0.5) is 5.69 Å². The van der Waals surface area contributed by atoms with E-state index < -0.39 is 0 Å². The van der Waals surface area contributed by atoms with Gasteiger partial charge in [-0.15, -0.1) is 0 Å². The molecule has 0 atom stereocenters. The Kier molecular flexibility index (Phi) is 3.70. The summed E-state index contributed by atoms with van der Waals surface area (Å²) >= 11 is 6.12. The second-order valence-electron chi connectivity index (χ2n) is 4.74. The van der Waals surface area contributed by atoms with Gasteiger partial charge < -0.3 is 14.8 Å². The fraction of sp³-hybridized carbons (Fsp3) is 0.250. The highest BCUT2D eigenvalue weighted by Crippen LogP contribution is 2.29. The highest BCUT2D eigenvalue weighted by molar-refractivity contribution is 6.32. The third-order valence-corrected chi connectivity index (χ3v) is 3.70. The average molecular weight is 290 g/mol. The molecule has 2 aromatic carbocycles. The topological polar surface area (TPSA) is 30.5 Å². The van der Waals surface area contributed by atoms with E-state index >= 15 is 0 Å². The van der Waals surface area contributed by atoms with E-state index in [4.69, 9.17) is 21.1 Å². The summed E-state index contributed by atoms with van der Waals surface area (Å²) in [6.07, 6.45) is 0.985. The van der Waals surface area contributed by atoms with Gasteiger partial charge in [-0.05, 0) is 41.5 Å². The first-order chi connectivity index (χ1) is 9.76. The van der Waals surface area contributed by atoms with Crippen molar-refractivity contribution in [2.45, 2.75) is 13.0 Å². The number of ether oxygens (including phenoxy) is 2. The monoisotopic (exact) mass is 289 g/mol. The van der Waals surface area contributed by atoms with E-state index in [1.165, 1.54) is 5.56 Å². The third kappa shape index (κ3) is 2.68. The maximum Gasteiger partial charge on any atom is 0.137 e. The van der Waals surface area contributed by atoms with E-state index in [0.29, 0.717) is 10.8 Å². The van der Waals surface area contributed by atoms with Gasteiger partial charge in [-0.25, -0.2) is 0 Å². The quantitative estimate of drug-likeness (QED) is 0.926. The Morgan fingerprint density at radius 2 is 2.15 bits per heavy atom. The summed E-state index contributed by atoms with van der Waals surface area (Å²) in [4.78, 5) is 0. The molecular formula is C16H16ClNO2. The van der Waals surface area contributed by atoms with Crippen LogP contribution in [-0.4, -0.2) is 13.7 Å². The average Bonchev–Trinajstić information content (AvgIpc) is 2.92. The molecule has 0 bridgehead atoms. The molecule has 0 unspecified atom stereocenters. The van der Waals surface area contributed by atoms with Gasteiger partial charge in [-0.3, -0.25) is 0 Å². The van der Waals surface area contributed by atoms with E-state index in [9.17, 15) is 0 Å². The molecule has 0 amide bonds. The zero-order chi connectivity index (χ0) is 13.9. The van der Waals surface area contributed by atoms with Crippen molar-refractivity contribution in [3.8, 4) is 11.5 Å². The molecule has 0 aromatic heterocycles. The van der Waals surface area contributed by atoms with E-state index in [2.05, 4.69) is 11.4 Å². The molecule has 0 fully saturated rings. The van der Waals surface area contributed by atoms with Gasteiger partial charge in [0.05, 0.1) is 18.7 Å². The van der Waals surface area contributed by atoms with Crippen LogP contribution < -0.4 is 14.8 Å². The number of halogens is 1. The Labute approximate surface area is 123 Å². The Balaban J connectivity index is 1.69. The number of benzene rings is 2. The normalized spacial score (nSPS) is 12.7. The van der Waals surface area contributed by atoms with Crippen molar-refractivity contribution in [3.05, 3.63) is 52.5 Å². The summed E-state index contributed by atoms with van der Waals surface area (Å²) in [5.74, 6) is 1.70. The molecule has 3 nitrogen and oxygen atoms in total. The predicted octanol–water partition coefficient (Wildman–Crippen LogP) is 3.90. The maximum absolute atomic E-state index is 6.12. The van der Waals surface area contributed by atoms with Gasteiger partial charge in [0.15, 0.2) is 0 Å². The highest BCUT2D eigenvalue weighted by atomic mass is 35.5. The van der Waals surface area contributed by atoms with Crippen molar-refractivity contribution in [2.75, 3.05) is 19.0 Å². The smallest absolute Gasteiger partial charge is 0.137 e. The van der Waals surface area contributed by atoms with Crippen LogP contribution in [0.25, 0.3) is 0 Å². The molecule has 20 heavy (non-hydrogen) atoms. The van der Waals surface area contributed by atoms with E-state index in [-0.39, 0.29) is 0 Å². The lowest BCUT2D eigenvalue weighted by molar-refractivity contribution is 0.357. The van der Waals surface area contributed by atoms with Crippen molar-refractivity contribution in [1.82, 2.24) is 0 Å². The molecular weight excluding hydrogens is 274 g/mol. The summed E-state index contributed by atoms with van der Waals surface area (Å²) in [7, 11) is 1.62.